The molecule has 0 radical (unpaired) electrons. The monoisotopic (exact) mass is 437 g/mol. The highest BCUT2D eigenvalue weighted by Gasteiger charge is 2.24. The highest BCUT2D eigenvalue weighted by Crippen LogP contribution is 2.26. The van der Waals surface area contributed by atoms with Crippen molar-refractivity contribution in [2.45, 2.75) is 6.92 Å². The van der Waals surface area contributed by atoms with Crippen LogP contribution in [0.15, 0.2) is 80.2 Å². The highest BCUT2D eigenvalue weighted by molar-refractivity contribution is 9.10. The molecular weight excluding hydrogens is 422 g/mol. The summed E-state index contributed by atoms with van der Waals surface area (Å²) in [5.41, 5.74) is 1.84. The van der Waals surface area contributed by atoms with E-state index in [0.29, 0.717) is 23.7 Å². The molecular formula is C22H16BrNO4. The third kappa shape index (κ3) is 3.92. The van der Waals surface area contributed by atoms with Gasteiger partial charge < -0.3 is 13.9 Å². The van der Waals surface area contributed by atoms with Gasteiger partial charge >= 0.3 is 5.97 Å². The fourth-order valence-corrected chi connectivity index (χ4v) is 2.99. The van der Waals surface area contributed by atoms with Gasteiger partial charge in [0.25, 0.3) is 0 Å². The number of hydrogen-bond acceptors (Lipinski definition) is 5. The molecule has 1 aromatic heterocycles. The van der Waals surface area contributed by atoms with Gasteiger partial charge in [0.1, 0.15) is 17.3 Å². The fourth-order valence-electron chi connectivity index (χ4n) is 2.73. The molecule has 4 rings (SSSR count). The van der Waals surface area contributed by atoms with Gasteiger partial charge in [0, 0.05) is 21.7 Å². The number of ether oxygens (including phenoxy) is 2. The van der Waals surface area contributed by atoms with Crippen LogP contribution >= 0.6 is 15.9 Å². The number of furan rings is 1. The van der Waals surface area contributed by atoms with Crippen molar-refractivity contribution in [3.63, 3.8) is 0 Å². The van der Waals surface area contributed by atoms with Crippen molar-refractivity contribution in [3.05, 3.63) is 82.2 Å². The first-order valence-electron chi connectivity index (χ1n) is 8.74. The average molecular weight is 438 g/mol. The molecule has 0 N–H and O–H groups in total. The van der Waals surface area contributed by atoms with Crippen molar-refractivity contribution in [2.75, 3.05) is 6.61 Å². The number of cyclic esters (lactones) is 1. The van der Waals surface area contributed by atoms with Crippen molar-refractivity contribution < 1.29 is 18.7 Å². The van der Waals surface area contributed by atoms with Crippen LogP contribution in [0.1, 0.15) is 18.2 Å². The number of rotatable bonds is 5. The topological polar surface area (TPSA) is 61.0 Å². The molecule has 1 aliphatic heterocycles. The molecule has 0 amide bonds. The second kappa shape index (κ2) is 7.86. The summed E-state index contributed by atoms with van der Waals surface area (Å²) in [7, 11) is 0. The van der Waals surface area contributed by atoms with Crippen LogP contribution in [0.4, 0.5) is 0 Å². The Morgan fingerprint density at radius 3 is 2.43 bits per heavy atom. The number of carbonyl (C=O) groups is 1. The standard InChI is InChI=1S/C22H16BrNO4/c1-2-26-17-9-5-15(6-10-17)21-24-19(22(25)28-21)13-18-11-12-20(27-18)14-3-7-16(23)8-4-14/h3-13H,2H2,1H3. The smallest absolute Gasteiger partial charge is 0.363 e. The zero-order valence-corrected chi connectivity index (χ0v) is 16.6. The van der Waals surface area contributed by atoms with Crippen molar-refractivity contribution in [1.82, 2.24) is 0 Å². The molecule has 0 spiro atoms. The number of nitrogens with zero attached hydrogens (tertiary/aromatic N) is 1. The molecule has 0 saturated carbocycles. The molecule has 2 aromatic carbocycles. The molecule has 0 bridgehead atoms. The number of carbonyl (C=O) groups excluding carboxylic acids is 1. The summed E-state index contributed by atoms with van der Waals surface area (Å²) in [5, 5.41) is 0. The number of aliphatic imine (C=N–C) groups is 1. The molecule has 6 heteroatoms. The van der Waals surface area contributed by atoms with Crippen molar-refractivity contribution in [3.8, 4) is 17.1 Å². The maximum Gasteiger partial charge on any atom is 0.363 e. The van der Waals surface area contributed by atoms with Crippen LogP contribution in [-0.2, 0) is 9.53 Å². The Morgan fingerprint density at radius 1 is 1.00 bits per heavy atom. The van der Waals surface area contributed by atoms with Gasteiger partial charge in [0.2, 0.25) is 5.90 Å². The first kappa shape index (κ1) is 18.3. The minimum atomic E-state index is -0.509. The van der Waals surface area contributed by atoms with Crippen LogP contribution in [0.5, 0.6) is 5.75 Å². The lowest BCUT2D eigenvalue weighted by Gasteiger charge is -2.03. The fraction of sp³-hybridized carbons (Fsp3) is 0.0909. The number of hydrogen-bond donors (Lipinski definition) is 0. The summed E-state index contributed by atoms with van der Waals surface area (Å²) < 4.78 is 17.5. The Morgan fingerprint density at radius 2 is 1.71 bits per heavy atom. The molecule has 0 unspecified atom stereocenters. The second-order valence-corrected chi connectivity index (χ2v) is 6.92. The summed E-state index contributed by atoms with van der Waals surface area (Å²) in [6.45, 7) is 2.51. The summed E-state index contributed by atoms with van der Waals surface area (Å²) in [4.78, 5) is 16.5. The van der Waals surface area contributed by atoms with E-state index in [-0.39, 0.29) is 11.6 Å². The van der Waals surface area contributed by atoms with Crippen LogP contribution in [-0.4, -0.2) is 18.5 Å². The molecule has 3 aromatic rings. The van der Waals surface area contributed by atoms with Crippen LogP contribution < -0.4 is 4.74 Å². The number of esters is 1. The van der Waals surface area contributed by atoms with Gasteiger partial charge in [0.15, 0.2) is 5.70 Å². The molecule has 0 aliphatic carbocycles. The van der Waals surface area contributed by atoms with Gasteiger partial charge in [-0.15, -0.1) is 0 Å². The third-order valence-corrected chi connectivity index (χ3v) is 4.60. The average Bonchev–Trinajstić information content (AvgIpc) is 3.31. The van der Waals surface area contributed by atoms with E-state index < -0.39 is 5.97 Å². The van der Waals surface area contributed by atoms with E-state index in [1.165, 1.54) is 0 Å². The minimum absolute atomic E-state index is 0.195. The lowest BCUT2D eigenvalue weighted by Crippen LogP contribution is -2.05. The summed E-state index contributed by atoms with van der Waals surface area (Å²) in [6, 6.07) is 18.7. The van der Waals surface area contributed by atoms with E-state index in [1.807, 2.05) is 49.4 Å². The quantitative estimate of drug-likeness (QED) is 0.393. The maximum absolute atomic E-state index is 12.2. The Hall–Kier alpha value is -3.12. The highest BCUT2D eigenvalue weighted by atomic mass is 79.9. The molecule has 2 heterocycles. The van der Waals surface area contributed by atoms with E-state index >= 15 is 0 Å². The van der Waals surface area contributed by atoms with Crippen molar-refractivity contribution in [1.29, 1.82) is 0 Å². The first-order valence-corrected chi connectivity index (χ1v) is 9.53. The molecule has 28 heavy (non-hydrogen) atoms. The largest absolute Gasteiger partial charge is 0.494 e. The van der Waals surface area contributed by atoms with Gasteiger partial charge in [0.05, 0.1) is 6.61 Å². The Bertz CT molecular complexity index is 1060. The molecule has 0 saturated heterocycles. The van der Waals surface area contributed by atoms with Gasteiger partial charge in [-0.1, -0.05) is 28.1 Å². The summed E-state index contributed by atoms with van der Waals surface area (Å²) in [5.74, 6) is 1.75. The lowest BCUT2D eigenvalue weighted by atomic mass is 10.2. The zero-order chi connectivity index (χ0) is 19.5. The van der Waals surface area contributed by atoms with Crippen LogP contribution in [0.25, 0.3) is 17.4 Å². The zero-order valence-electron chi connectivity index (χ0n) is 15.0. The third-order valence-electron chi connectivity index (χ3n) is 4.07. The second-order valence-electron chi connectivity index (χ2n) is 6.00. The van der Waals surface area contributed by atoms with E-state index in [4.69, 9.17) is 13.9 Å². The number of benzene rings is 2. The van der Waals surface area contributed by atoms with E-state index in [0.717, 1.165) is 15.8 Å². The van der Waals surface area contributed by atoms with Gasteiger partial charge in [-0.2, -0.15) is 0 Å². The normalized spacial score (nSPS) is 14.9. The first-order chi connectivity index (χ1) is 13.6. The molecule has 0 fully saturated rings. The van der Waals surface area contributed by atoms with E-state index in [2.05, 4.69) is 20.9 Å². The maximum atomic E-state index is 12.2. The Kier molecular flexibility index (Phi) is 5.12. The van der Waals surface area contributed by atoms with Crippen LogP contribution in [0.2, 0.25) is 0 Å². The summed E-state index contributed by atoms with van der Waals surface area (Å²) in [6.07, 6.45) is 1.58. The van der Waals surface area contributed by atoms with Gasteiger partial charge in [-0.3, -0.25) is 0 Å². The van der Waals surface area contributed by atoms with Crippen LogP contribution in [0.3, 0.4) is 0 Å². The summed E-state index contributed by atoms with van der Waals surface area (Å²) >= 11 is 3.41. The number of halogens is 1. The minimum Gasteiger partial charge on any atom is -0.494 e. The Balaban J connectivity index is 1.56. The van der Waals surface area contributed by atoms with Gasteiger partial charge in [-0.05, 0) is 55.5 Å². The van der Waals surface area contributed by atoms with Gasteiger partial charge in [-0.25, -0.2) is 9.79 Å². The predicted molar refractivity (Wildman–Crippen MR) is 110 cm³/mol. The SMILES string of the molecule is CCOc1ccc(C2=NC(=Cc3ccc(-c4ccc(Br)cc4)o3)C(=O)O2)cc1. The molecule has 5 nitrogen and oxygen atoms in total. The molecule has 140 valence electrons. The lowest BCUT2D eigenvalue weighted by molar-refractivity contribution is -0.129. The van der Waals surface area contributed by atoms with E-state index in [1.54, 1.807) is 24.3 Å². The van der Waals surface area contributed by atoms with Crippen molar-refractivity contribution in [2.24, 2.45) is 4.99 Å². The predicted octanol–water partition coefficient (Wildman–Crippen LogP) is 5.45. The van der Waals surface area contributed by atoms with Crippen molar-refractivity contribution >= 4 is 33.9 Å². The molecule has 1 aliphatic rings. The molecule has 0 atom stereocenters. The van der Waals surface area contributed by atoms with Crippen LogP contribution in [0, 0.1) is 0 Å². The Labute approximate surface area is 170 Å². The van der Waals surface area contributed by atoms with E-state index in [9.17, 15) is 4.79 Å².